The third-order valence-corrected chi connectivity index (χ3v) is 1.85. The zero-order valence-electron chi connectivity index (χ0n) is 6.98. The minimum Gasteiger partial charge on any atom is -0.349 e. The molecule has 4 heteroatoms. The van der Waals surface area contributed by atoms with Gasteiger partial charge in [0.15, 0.2) is 0 Å². The van der Waals surface area contributed by atoms with Crippen LogP contribution >= 0.6 is 0 Å². The van der Waals surface area contributed by atoms with E-state index in [1.807, 2.05) is 29.1 Å². The lowest BCUT2D eigenvalue weighted by Crippen LogP contribution is -2.15. The highest BCUT2D eigenvalue weighted by Gasteiger charge is 2.06. The van der Waals surface area contributed by atoms with Crippen LogP contribution in [-0.2, 0) is 0 Å². The second kappa shape index (κ2) is 4.66. The van der Waals surface area contributed by atoms with Crippen LogP contribution in [0.5, 0.6) is 0 Å². The van der Waals surface area contributed by atoms with Crippen LogP contribution in [-0.4, -0.2) is 17.7 Å². The average molecular weight is 166 g/mol. The molecule has 1 heterocycles. The summed E-state index contributed by atoms with van der Waals surface area (Å²) in [6.07, 6.45) is 4.83. The second-order valence-corrected chi connectivity index (χ2v) is 2.70. The maximum absolute atomic E-state index is 6.78. The van der Waals surface area contributed by atoms with Gasteiger partial charge in [0, 0.05) is 12.4 Å². The molecule has 1 atom stereocenters. The Labute approximate surface area is 71.9 Å². The SMILES string of the molecule is N=NC[C@H](CCN)n1cccc1. The highest BCUT2D eigenvalue weighted by Crippen LogP contribution is 2.10. The summed E-state index contributed by atoms with van der Waals surface area (Å²) in [6.45, 7) is 1.16. The lowest BCUT2D eigenvalue weighted by Gasteiger charge is -2.14. The molecule has 4 nitrogen and oxygen atoms in total. The molecule has 0 aliphatic carbocycles. The third-order valence-electron chi connectivity index (χ3n) is 1.85. The van der Waals surface area contributed by atoms with E-state index < -0.39 is 0 Å². The van der Waals surface area contributed by atoms with Crippen molar-refractivity contribution >= 4 is 0 Å². The summed E-state index contributed by atoms with van der Waals surface area (Å²) >= 11 is 0. The van der Waals surface area contributed by atoms with E-state index in [2.05, 4.69) is 5.11 Å². The summed E-state index contributed by atoms with van der Waals surface area (Å²) < 4.78 is 2.05. The molecule has 0 amide bonds. The Kier molecular flexibility index (Phi) is 3.47. The molecule has 0 bridgehead atoms. The summed E-state index contributed by atoms with van der Waals surface area (Å²) in [5.41, 5.74) is 12.2. The van der Waals surface area contributed by atoms with Gasteiger partial charge in [0.25, 0.3) is 0 Å². The van der Waals surface area contributed by atoms with Gasteiger partial charge in [-0.25, -0.2) is 5.53 Å². The molecule has 12 heavy (non-hydrogen) atoms. The van der Waals surface area contributed by atoms with Crippen molar-refractivity contribution in [3.8, 4) is 0 Å². The van der Waals surface area contributed by atoms with Crippen LogP contribution in [0.25, 0.3) is 0 Å². The number of nitrogens with two attached hydrogens (primary N) is 1. The fourth-order valence-electron chi connectivity index (χ4n) is 1.22. The summed E-state index contributed by atoms with van der Waals surface area (Å²) in [5, 5.41) is 3.38. The smallest absolute Gasteiger partial charge is 0.0804 e. The molecule has 0 fully saturated rings. The summed E-state index contributed by atoms with van der Waals surface area (Å²) in [7, 11) is 0. The Morgan fingerprint density at radius 1 is 1.42 bits per heavy atom. The van der Waals surface area contributed by atoms with Crippen molar-refractivity contribution in [1.29, 1.82) is 5.53 Å². The van der Waals surface area contributed by atoms with Crippen molar-refractivity contribution in [3.63, 3.8) is 0 Å². The Morgan fingerprint density at radius 3 is 2.58 bits per heavy atom. The zero-order chi connectivity index (χ0) is 8.81. The van der Waals surface area contributed by atoms with E-state index in [0.717, 1.165) is 6.42 Å². The summed E-state index contributed by atoms with van der Waals surface area (Å²) in [5.74, 6) is 0. The highest BCUT2D eigenvalue weighted by atomic mass is 15.0. The van der Waals surface area contributed by atoms with E-state index in [-0.39, 0.29) is 6.04 Å². The van der Waals surface area contributed by atoms with Crippen molar-refractivity contribution in [2.45, 2.75) is 12.5 Å². The molecule has 0 radical (unpaired) electrons. The molecule has 1 rings (SSSR count). The van der Waals surface area contributed by atoms with Crippen LogP contribution in [0.3, 0.4) is 0 Å². The van der Waals surface area contributed by atoms with Gasteiger partial charge in [-0.15, -0.1) is 0 Å². The van der Waals surface area contributed by atoms with Gasteiger partial charge in [0.1, 0.15) is 0 Å². The highest BCUT2D eigenvalue weighted by molar-refractivity contribution is 4.93. The molecule has 0 saturated heterocycles. The van der Waals surface area contributed by atoms with Crippen molar-refractivity contribution in [1.82, 2.24) is 4.57 Å². The topological polar surface area (TPSA) is 67.2 Å². The van der Waals surface area contributed by atoms with Crippen LogP contribution in [0.1, 0.15) is 12.5 Å². The van der Waals surface area contributed by atoms with Crippen molar-refractivity contribution in [2.24, 2.45) is 10.8 Å². The molecular weight excluding hydrogens is 152 g/mol. The van der Waals surface area contributed by atoms with Crippen molar-refractivity contribution in [2.75, 3.05) is 13.1 Å². The molecule has 0 spiro atoms. The predicted octanol–water partition coefficient (Wildman–Crippen LogP) is 1.41. The van der Waals surface area contributed by atoms with Gasteiger partial charge in [-0.3, -0.25) is 0 Å². The zero-order valence-corrected chi connectivity index (χ0v) is 6.98. The fourth-order valence-corrected chi connectivity index (χ4v) is 1.22. The molecule has 1 aromatic rings. The van der Waals surface area contributed by atoms with Crippen LogP contribution in [0.15, 0.2) is 29.6 Å². The largest absolute Gasteiger partial charge is 0.349 e. The van der Waals surface area contributed by atoms with Gasteiger partial charge in [-0.1, -0.05) is 0 Å². The number of rotatable bonds is 5. The number of aromatic nitrogens is 1. The van der Waals surface area contributed by atoms with Crippen LogP contribution in [0, 0.1) is 5.53 Å². The number of nitrogens with one attached hydrogen (secondary N) is 1. The quantitative estimate of drug-likeness (QED) is 0.638. The Morgan fingerprint density at radius 2 is 2.08 bits per heavy atom. The first-order chi connectivity index (χ1) is 5.88. The van der Waals surface area contributed by atoms with Gasteiger partial charge >= 0.3 is 0 Å². The Hall–Kier alpha value is -1.16. The first-order valence-electron chi connectivity index (χ1n) is 4.04. The molecule has 0 aliphatic heterocycles. The van der Waals surface area contributed by atoms with E-state index in [9.17, 15) is 0 Å². The van der Waals surface area contributed by atoms with Crippen molar-refractivity contribution < 1.29 is 0 Å². The Balaban J connectivity index is 2.59. The standard InChI is InChI=1S/C8H14N4/c9-4-3-8(7-11-10)12-5-1-2-6-12/h1-2,5-6,8,10H,3-4,7,9H2/t8-/m0/s1. The van der Waals surface area contributed by atoms with Crippen LogP contribution in [0.2, 0.25) is 0 Å². The number of hydrogen-bond donors (Lipinski definition) is 2. The summed E-state index contributed by atoms with van der Waals surface area (Å²) in [6, 6.07) is 4.18. The lowest BCUT2D eigenvalue weighted by atomic mass is 10.2. The van der Waals surface area contributed by atoms with Gasteiger partial charge in [-0.2, -0.15) is 5.11 Å². The average Bonchev–Trinajstić information content (AvgIpc) is 2.56. The first-order valence-corrected chi connectivity index (χ1v) is 4.04. The van der Waals surface area contributed by atoms with Crippen LogP contribution < -0.4 is 5.73 Å². The maximum atomic E-state index is 6.78. The summed E-state index contributed by atoms with van der Waals surface area (Å²) in [4.78, 5) is 0. The Bertz CT molecular complexity index is 217. The minimum atomic E-state index is 0.252. The fraction of sp³-hybridized carbons (Fsp3) is 0.500. The van der Waals surface area contributed by atoms with Crippen LogP contribution in [0.4, 0.5) is 0 Å². The molecule has 1 aromatic heterocycles. The van der Waals surface area contributed by atoms with Gasteiger partial charge in [0.2, 0.25) is 0 Å². The van der Waals surface area contributed by atoms with Gasteiger partial charge in [-0.05, 0) is 25.1 Å². The van der Waals surface area contributed by atoms with E-state index in [0.29, 0.717) is 13.1 Å². The predicted molar refractivity (Wildman–Crippen MR) is 47.2 cm³/mol. The second-order valence-electron chi connectivity index (χ2n) is 2.70. The molecule has 66 valence electrons. The maximum Gasteiger partial charge on any atom is 0.0804 e. The molecule has 3 N–H and O–H groups in total. The number of hydrogen-bond acceptors (Lipinski definition) is 3. The van der Waals surface area contributed by atoms with E-state index in [1.165, 1.54) is 0 Å². The van der Waals surface area contributed by atoms with Gasteiger partial charge in [0.05, 0.1) is 12.6 Å². The monoisotopic (exact) mass is 166 g/mol. The van der Waals surface area contributed by atoms with E-state index in [1.54, 1.807) is 0 Å². The minimum absolute atomic E-state index is 0.252. The van der Waals surface area contributed by atoms with Crippen molar-refractivity contribution in [3.05, 3.63) is 24.5 Å². The molecule has 0 unspecified atom stereocenters. The number of nitrogens with zero attached hydrogens (tertiary/aromatic N) is 2. The van der Waals surface area contributed by atoms with E-state index in [4.69, 9.17) is 11.3 Å². The molecular formula is C8H14N4. The lowest BCUT2D eigenvalue weighted by molar-refractivity contribution is 0.474. The normalized spacial score (nSPS) is 12.8. The van der Waals surface area contributed by atoms with Gasteiger partial charge < -0.3 is 10.3 Å². The molecule has 0 saturated carbocycles. The molecule has 0 aliphatic rings. The first kappa shape index (κ1) is 8.93. The molecule has 0 aromatic carbocycles. The third kappa shape index (κ3) is 2.17. The van der Waals surface area contributed by atoms with E-state index >= 15 is 0 Å².